The third-order valence-electron chi connectivity index (χ3n) is 5.78. The molecule has 3 aliphatic heterocycles. The Kier molecular flexibility index (Phi) is 5.65. The maximum atomic E-state index is 12.3. The van der Waals surface area contributed by atoms with Crippen LogP contribution in [-0.2, 0) is 23.9 Å². The Morgan fingerprint density at radius 3 is 2.62 bits per heavy atom. The van der Waals surface area contributed by atoms with Gasteiger partial charge in [0.1, 0.15) is 17.4 Å². The van der Waals surface area contributed by atoms with Gasteiger partial charge >= 0.3 is 0 Å². The number of hydrogen-bond donors (Lipinski definition) is 2. The molecule has 0 aliphatic carbocycles. The lowest BCUT2D eigenvalue weighted by Crippen LogP contribution is -2.58. The number of aliphatic hydroxyl groups excluding tert-OH is 1. The van der Waals surface area contributed by atoms with Crippen molar-refractivity contribution in [3.63, 3.8) is 0 Å². The van der Waals surface area contributed by atoms with Crippen LogP contribution in [0.3, 0.4) is 0 Å². The van der Waals surface area contributed by atoms with Gasteiger partial charge in [-0.25, -0.2) is 0 Å². The fourth-order valence-electron chi connectivity index (χ4n) is 4.01. The summed E-state index contributed by atoms with van der Waals surface area (Å²) in [4.78, 5) is 35.6. The van der Waals surface area contributed by atoms with Crippen molar-refractivity contribution in [3.8, 4) is 0 Å². The average Bonchev–Trinajstić information content (AvgIpc) is 2.98. The average molecular weight is 401 g/mol. The molecule has 156 valence electrons. The first kappa shape index (κ1) is 21.2. The van der Waals surface area contributed by atoms with Crippen molar-refractivity contribution >= 4 is 17.5 Å². The maximum Gasteiger partial charge on any atom is 0.259 e. The Bertz CT molecular complexity index is 862. The molecule has 29 heavy (non-hydrogen) atoms. The zero-order chi connectivity index (χ0) is 21.5. The molecular formula is C22H27NO6. The fourth-order valence-corrected chi connectivity index (χ4v) is 4.01. The van der Waals surface area contributed by atoms with Crippen LogP contribution < -0.4 is 5.32 Å². The zero-order valence-electron chi connectivity index (χ0n) is 17.3. The minimum Gasteiger partial charge on any atom is -0.507 e. The first-order chi connectivity index (χ1) is 13.5. The number of nitrogens with one attached hydrogen (secondary N) is 1. The van der Waals surface area contributed by atoms with Gasteiger partial charge in [-0.05, 0) is 38.5 Å². The van der Waals surface area contributed by atoms with E-state index in [4.69, 9.17) is 9.47 Å². The van der Waals surface area contributed by atoms with Crippen molar-refractivity contribution < 1.29 is 29.0 Å². The summed E-state index contributed by atoms with van der Waals surface area (Å²) in [6.45, 7) is 9.35. The predicted molar refractivity (Wildman–Crippen MR) is 106 cm³/mol. The molecule has 0 radical (unpaired) electrons. The van der Waals surface area contributed by atoms with Crippen LogP contribution in [0.1, 0.15) is 34.6 Å². The topological polar surface area (TPSA) is 102 Å². The maximum absolute atomic E-state index is 12.3. The number of Topliss-reactive ketones (excluding diaryl/α,β-unsaturated/α-hetero) is 1. The fraction of sp³-hybridized carbons (Fsp3) is 0.500. The number of ketones is 2. The normalized spacial score (nSPS) is 35.6. The van der Waals surface area contributed by atoms with Crippen molar-refractivity contribution in [2.75, 3.05) is 6.54 Å². The van der Waals surface area contributed by atoms with Gasteiger partial charge in [-0.2, -0.15) is 0 Å². The number of rotatable bonds is 4. The Balaban J connectivity index is 1.77. The number of carbonyl (C=O) groups excluding carboxylic acids is 3. The van der Waals surface area contributed by atoms with Crippen LogP contribution >= 0.6 is 0 Å². The molecular weight excluding hydrogens is 374 g/mol. The summed E-state index contributed by atoms with van der Waals surface area (Å²) in [5.41, 5.74) is 1.36. The number of allylic oxidation sites excluding steroid dienone is 3. The van der Waals surface area contributed by atoms with Gasteiger partial charge in [-0.3, -0.25) is 14.4 Å². The highest BCUT2D eigenvalue weighted by molar-refractivity contribution is 6.25. The second-order valence-electron chi connectivity index (χ2n) is 8.12. The number of amides is 1. The molecule has 7 heteroatoms. The van der Waals surface area contributed by atoms with E-state index in [-0.39, 0.29) is 41.6 Å². The van der Waals surface area contributed by atoms with Crippen molar-refractivity contribution in [1.82, 2.24) is 5.32 Å². The van der Waals surface area contributed by atoms with Gasteiger partial charge in [0, 0.05) is 11.8 Å². The highest BCUT2D eigenvalue weighted by Crippen LogP contribution is 2.42. The van der Waals surface area contributed by atoms with Gasteiger partial charge in [0.2, 0.25) is 0 Å². The first-order valence-corrected chi connectivity index (χ1v) is 9.73. The van der Waals surface area contributed by atoms with E-state index < -0.39 is 23.6 Å². The molecule has 2 fully saturated rings. The van der Waals surface area contributed by atoms with Gasteiger partial charge in [0.15, 0.2) is 17.4 Å². The molecule has 3 rings (SSSR count). The summed E-state index contributed by atoms with van der Waals surface area (Å²) in [6.07, 6.45) is 5.79. The van der Waals surface area contributed by atoms with E-state index in [9.17, 15) is 19.5 Å². The molecule has 0 aromatic rings. The highest BCUT2D eigenvalue weighted by Gasteiger charge is 2.50. The smallest absolute Gasteiger partial charge is 0.259 e. The molecule has 3 aliphatic rings. The summed E-state index contributed by atoms with van der Waals surface area (Å²) < 4.78 is 12.2. The summed E-state index contributed by atoms with van der Waals surface area (Å²) in [6, 6.07) is 0. The third-order valence-corrected chi connectivity index (χ3v) is 5.78. The van der Waals surface area contributed by atoms with E-state index in [2.05, 4.69) is 5.32 Å². The zero-order valence-corrected chi connectivity index (χ0v) is 17.3. The van der Waals surface area contributed by atoms with E-state index in [1.807, 2.05) is 40.7 Å². The summed E-state index contributed by atoms with van der Waals surface area (Å²) in [7, 11) is 0. The number of aliphatic hydroxyl groups is 1. The van der Waals surface area contributed by atoms with Crippen molar-refractivity contribution in [2.45, 2.75) is 52.6 Å². The van der Waals surface area contributed by atoms with Gasteiger partial charge in [0.05, 0.1) is 12.6 Å². The minimum atomic E-state index is -0.916. The first-order valence-electron chi connectivity index (χ1n) is 9.73. The van der Waals surface area contributed by atoms with Crippen LogP contribution in [-0.4, -0.2) is 47.1 Å². The second kappa shape index (κ2) is 7.72. The van der Waals surface area contributed by atoms with Crippen molar-refractivity contribution in [3.05, 3.63) is 46.8 Å². The quantitative estimate of drug-likeness (QED) is 0.324. The number of carbonyl (C=O) groups is 3. The lowest BCUT2D eigenvalue weighted by Gasteiger charge is -2.49. The monoisotopic (exact) mass is 401 g/mol. The summed E-state index contributed by atoms with van der Waals surface area (Å²) in [5.74, 6) is -2.46. The Morgan fingerprint density at radius 1 is 1.31 bits per heavy atom. The third kappa shape index (κ3) is 3.97. The van der Waals surface area contributed by atoms with E-state index in [0.717, 1.165) is 11.1 Å². The molecule has 2 bridgehead atoms. The Morgan fingerprint density at radius 2 is 2.00 bits per heavy atom. The molecule has 5 atom stereocenters. The highest BCUT2D eigenvalue weighted by atomic mass is 16.7. The molecule has 1 amide bonds. The Labute approximate surface area is 170 Å². The van der Waals surface area contributed by atoms with Crippen molar-refractivity contribution in [2.24, 2.45) is 11.8 Å². The molecule has 2 saturated heterocycles. The molecule has 7 nitrogen and oxygen atoms in total. The molecule has 0 unspecified atom stereocenters. The molecule has 0 aromatic heterocycles. The predicted octanol–water partition coefficient (Wildman–Crippen LogP) is 2.30. The van der Waals surface area contributed by atoms with E-state index in [1.165, 1.54) is 6.08 Å². The molecule has 0 saturated carbocycles. The van der Waals surface area contributed by atoms with Crippen LogP contribution in [0.5, 0.6) is 0 Å². The van der Waals surface area contributed by atoms with Crippen LogP contribution in [0.4, 0.5) is 0 Å². The molecule has 0 aromatic carbocycles. The minimum absolute atomic E-state index is 0.0368. The summed E-state index contributed by atoms with van der Waals surface area (Å²) in [5, 5.41) is 12.4. The van der Waals surface area contributed by atoms with E-state index in [0.29, 0.717) is 0 Å². The second-order valence-corrected chi connectivity index (χ2v) is 8.12. The molecule has 2 N–H and O–H groups in total. The van der Waals surface area contributed by atoms with Crippen LogP contribution in [0.25, 0.3) is 0 Å². The molecule has 0 spiro atoms. The van der Waals surface area contributed by atoms with E-state index >= 15 is 0 Å². The van der Waals surface area contributed by atoms with Gasteiger partial charge < -0.3 is 19.9 Å². The van der Waals surface area contributed by atoms with E-state index in [1.54, 1.807) is 12.2 Å². The summed E-state index contributed by atoms with van der Waals surface area (Å²) >= 11 is 0. The van der Waals surface area contributed by atoms with Gasteiger partial charge in [-0.15, -0.1) is 0 Å². The largest absolute Gasteiger partial charge is 0.507 e. The lowest BCUT2D eigenvalue weighted by atomic mass is 9.82. The Hall–Kier alpha value is -2.51. The van der Waals surface area contributed by atoms with Crippen LogP contribution in [0, 0.1) is 11.8 Å². The number of ether oxygens (including phenoxy) is 2. The van der Waals surface area contributed by atoms with Gasteiger partial charge in [-0.1, -0.05) is 31.6 Å². The van der Waals surface area contributed by atoms with Crippen LogP contribution in [0.2, 0.25) is 0 Å². The van der Waals surface area contributed by atoms with Crippen LogP contribution in [0.15, 0.2) is 46.8 Å². The SMILES string of the molecule is CC(C=CC(O)=C1C(=O)CNC1=O)=C[C@@H](C)[C@H]1O[C@@]2(C)O[C@H](C(=O)C=C2C)[C@@H]1C. The number of hydrogen-bond acceptors (Lipinski definition) is 6. The number of fused-ring (bicyclic) bond motifs is 2. The molecule has 3 heterocycles. The standard InChI is InChI=1S/C22H27NO6/c1-11(6-7-15(24)18-17(26)10-23-21(18)27)8-12(2)19-14(4)20-16(25)9-13(3)22(5,28-19)29-20/h6-9,12,14,19-20,24H,10H2,1-5H3,(H,23,27)/t12-,14-,19-,20+,22+/m1/s1. The van der Waals surface area contributed by atoms with Gasteiger partial charge in [0.25, 0.3) is 5.91 Å². The lowest BCUT2D eigenvalue weighted by molar-refractivity contribution is -0.309. The van der Waals surface area contributed by atoms with Crippen molar-refractivity contribution in [1.29, 1.82) is 0 Å².